The summed E-state index contributed by atoms with van der Waals surface area (Å²) in [6.45, 7) is 0. The van der Waals surface area contributed by atoms with E-state index >= 15 is 0 Å². The van der Waals surface area contributed by atoms with Crippen LogP contribution in [0.4, 0.5) is 0 Å². The lowest BCUT2D eigenvalue weighted by atomic mass is 9.52. The van der Waals surface area contributed by atoms with Crippen molar-refractivity contribution in [1.82, 2.24) is 0 Å². The van der Waals surface area contributed by atoms with Crippen molar-refractivity contribution < 1.29 is 9.47 Å². The van der Waals surface area contributed by atoms with E-state index in [1.54, 1.807) is 7.11 Å². The number of nitrogens with zero attached hydrogens (tertiary/aromatic N) is 1. The molecule has 2 aliphatic carbocycles. The maximum Gasteiger partial charge on any atom is 0.281 e. The zero-order valence-corrected chi connectivity index (χ0v) is 16.0. The molecule has 1 aromatic rings. The van der Waals surface area contributed by atoms with Crippen LogP contribution in [0.1, 0.15) is 43.2 Å². The van der Waals surface area contributed by atoms with Gasteiger partial charge in [-0.1, -0.05) is 22.0 Å². The van der Waals surface area contributed by atoms with Crippen molar-refractivity contribution in [2.75, 3.05) is 7.11 Å². The lowest BCUT2D eigenvalue weighted by molar-refractivity contribution is -0.0227. The number of aliphatic imine (C=N–C) groups is 1. The Kier molecular flexibility index (Phi) is 4.04. The highest BCUT2D eigenvalue weighted by Gasteiger charge is 2.61. The van der Waals surface area contributed by atoms with E-state index < -0.39 is 10.9 Å². The number of methoxy groups -OCH3 is 1. The zero-order chi connectivity index (χ0) is 17.9. The van der Waals surface area contributed by atoms with Gasteiger partial charge in [-0.2, -0.15) is 0 Å². The minimum Gasteiger partial charge on any atom is -0.479 e. The number of fused-ring (bicyclic) bond motifs is 3. The summed E-state index contributed by atoms with van der Waals surface area (Å²) in [5.41, 5.74) is 7.91. The highest BCUT2D eigenvalue weighted by molar-refractivity contribution is 9.10. The second kappa shape index (κ2) is 5.78. The summed E-state index contributed by atoms with van der Waals surface area (Å²) >= 11 is 3.60. The molecule has 1 saturated carbocycles. The number of hydrogen-bond donors (Lipinski definition) is 1. The lowest BCUT2D eigenvalue weighted by Crippen LogP contribution is -2.56. The van der Waals surface area contributed by atoms with E-state index in [0.717, 1.165) is 36.6 Å². The van der Waals surface area contributed by atoms with Crippen molar-refractivity contribution in [3.8, 4) is 0 Å². The first kappa shape index (κ1) is 17.5. The molecule has 25 heavy (non-hydrogen) atoms. The third kappa shape index (κ3) is 2.66. The van der Waals surface area contributed by atoms with Gasteiger partial charge < -0.3 is 15.2 Å². The molecule has 1 unspecified atom stereocenters. The van der Waals surface area contributed by atoms with Crippen LogP contribution in [-0.4, -0.2) is 40.3 Å². The normalized spacial score (nSPS) is 36.1. The molecule has 1 fully saturated rings. The van der Waals surface area contributed by atoms with Crippen LogP contribution in [-0.2, 0) is 21.4 Å². The molecule has 7 heteroatoms. The number of benzene rings is 1. The Morgan fingerprint density at radius 2 is 2.04 bits per heavy atom. The molecular formula is C18H21B2BrN2O2. The zero-order valence-electron chi connectivity index (χ0n) is 14.4. The summed E-state index contributed by atoms with van der Waals surface area (Å²) in [5, 5.41) is -1.32. The number of halogens is 1. The van der Waals surface area contributed by atoms with Crippen molar-refractivity contribution in [3.63, 3.8) is 0 Å². The Bertz CT molecular complexity index is 732. The van der Waals surface area contributed by atoms with Gasteiger partial charge in [0.1, 0.15) is 15.7 Å². The first-order valence-corrected chi connectivity index (χ1v) is 9.52. The van der Waals surface area contributed by atoms with Crippen molar-refractivity contribution in [2.45, 2.75) is 55.6 Å². The number of hydrogen-bond acceptors (Lipinski definition) is 4. The molecule has 0 saturated heterocycles. The fourth-order valence-electron chi connectivity index (χ4n) is 5.20. The summed E-state index contributed by atoms with van der Waals surface area (Å²) in [5.74, 6) is 0. The second-order valence-electron chi connectivity index (χ2n) is 7.74. The van der Waals surface area contributed by atoms with Gasteiger partial charge in [0, 0.05) is 22.4 Å². The van der Waals surface area contributed by atoms with E-state index in [4.69, 9.17) is 35.9 Å². The summed E-state index contributed by atoms with van der Waals surface area (Å²) in [6, 6.07) is 6.48. The minimum absolute atomic E-state index is 0.0520. The van der Waals surface area contributed by atoms with Gasteiger partial charge in [-0.25, -0.2) is 4.99 Å². The van der Waals surface area contributed by atoms with Gasteiger partial charge >= 0.3 is 0 Å². The Hall–Kier alpha value is -0.940. The molecule has 4 radical (unpaired) electrons. The molecule has 1 aromatic carbocycles. The predicted molar refractivity (Wildman–Crippen MR) is 103 cm³/mol. The standard InChI is InChI=1S/C18H21B2BrN2O2/c1-24-13-4-6-16(7-5-13)9-11-2-3-12(21)8-14(11)17(16)10-18(19,20)25-15(22)23-17/h2-3,8,13H,4-7,9-10H2,1H3,(H2,22,23). The van der Waals surface area contributed by atoms with Gasteiger partial charge in [-0.15, -0.1) is 0 Å². The highest BCUT2D eigenvalue weighted by atomic mass is 79.9. The average molecular weight is 399 g/mol. The van der Waals surface area contributed by atoms with Crippen LogP contribution in [0.25, 0.3) is 0 Å². The SMILES string of the molecule is [B]C1([B])CC2(N=C(N)O1)c1cc(Br)ccc1CC21CCC(OC)CC1. The van der Waals surface area contributed by atoms with Crippen molar-refractivity contribution in [3.05, 3.63) is 33.8 Å². The van der Waals surface area contributed by atoms with Gasteiger partial charge in [0.2, 0.25) is 0 Å². The number of ether oxygens (including phenoxy) is 2. The van der Waals surface area contributed by atoms with E-state index in [1.165, 1.54) is 11.1 Å². The highest BCUT2D eigenvalue weighted by Crippen LogP contribution is 2.63. The summed E-state index contributed by atoms with van der Waals surface area (Å²) in [7, 11) is 14.2. The maximum atomic E-state index is 6.22. The van der Waals surface area contributed by atoms with Crippen LogP contribution < -0.4 is 5.73 Å². The number of nitrogens with two attached hydrogens (primary N) is 1. The van der Waals surface area contributed by atoms with Crippen LogP contribution in [0, 0.1) is 5.41 Å². The van der Waals surface area contributed by atoms with Gasteiger partial charge in [-0.05, 0) is 61.8 Å². The van der Waals surface area contributed by atoms with E-state index in [9.17, 15) is 0 Å². The molecule has 4 nitrogen and oxygen atoms in total. The summed E-state index contributed by atoms with van der Waals surface area (Å²) < 4.78 is 12.0. The summed E-state index contributed by atoms with van der Waals surface area (Å²) in [6.07, 6.45) is 5.70. The van der Waals surface area contributed by atoms with Crippen LogP contribution in [0.5, 0.6) is 0 Å². The fraction of sp³-hybridized carbons (Fsp3) is 0.611. The third-order valence-corrected chi connectivity index (χ3v) is 6.77. The van der Waals surface area contributed by atoms with Crippen LogP contribution >= 0.6 is 15.9 Å². The molecule has 4 rings (SSSR count). The van der Waals surface area contributed by atoms with Crippen LogP contribution in [0.15, 0.2) is 27.7 Å². The Balaban J connectivity index is 1.87. The topological polar surface area (TPSA) is 56.8 Å². The first-order chi connectivity index (χ1) is 11.8. The van der Waals surface area contributed by atoms with Crippen molar-refractivity contribution in [2.24, 2.45) is 16.1 Å². The Morgan fingerprint density at radius 3 is 2.68 bits per heavy atom. The quantitative estimate of drug-likeness (QED) is 0.739. The monoisotopic (exact) mass is 398 g/mol. The first-order valence-electron chi connectivity index (χ1n) is 8.73. The van der Waals surface area contributed by atoms with Gasteiger partial charge in [0.05, 0.1) is 11.6 Å². The van der Waals surface area contributed by atoms with E-state index in [-0.39, 0.29) is 11.4 Å². The van der Waals surface area contributed by atoms with Crippen molar-refractivity contribution >= 4 is 37.6 Å². The van der Waals surface area contributed by atoms with Gasteiger partial charge in [0.15, 0.2) is 0 Å². The molecule has 1 atom stereocenters. The second-order valence-corrected chi connectivity index (χ2v) is 8.65. The molecule has 3 aliphatic rings. The molecule has 0 bridgehead atoms. The molecule has 128 valence electrons. The molecule has 0 amide bonds. The largest absolute Gasteiger partial charge is 0.479 e. The van der Waals surface area contributed by atoms with Gasteiger partial charge in [0.25, 0.3) is 6.02 Å². The molecule has 0 aromatic heterocycles. The van der Waals surface area contributed by atoms with E-state index in [2.05, 4.69) is 34.1 Å². The Labute approximate surface area is 159 Å². The van der Waals surface area contributed by atoms with E-state index in [1.807, 2.05) is 0 Å². The van der Waals surface area contributed by atoms with E-state index in [0.29, 0.717) is 12.5 Å². The van der Waals surface area contributed by atoms with Crippen molar-refractivity contribution in [1.29, 1.82) is 0 Å². The lowest BCUT2D eigenvalue weighted by Gasteiger charge is -2.52. The fourth-order valence-corrected chi connectivity index (χ4v) is 5.56. The van der Waals surface area contributed by atoms with Crippen LogP contribution in [0.3, 0.4) is 0 Å². The molecule has 2 N–H and O–H groups in total. The molecule has 1 aliphatic heterocycles. The van der Waals surface area contributed by atoms with Crippen LogP contribution in [0.2, 0.25) is 0 Å². The number of rotatable bonds is 1. The summed E-state index contributed by atoms with van der Waals surface area (Å²) in [4.78, 5) is 4.87. The smallest absolute Gasteiger partial charge is 0.281 e. The minimum atomic E-state index is -1.32. The van der Waals surface area contributed by atoms with Gasteiger partial charge in [-0.3, -0.25) is 0 Å². The third-order valence-electron chi connectivity index (χ3n) is 6.27. The average Bonchev–Trinajstić information content (AvgIpc) is 2.76. The molecular weight excluding hydrogens is 378 g/mol. The molecule has 1 heterocycles. The maximum absolute atomic E-state index is 6.22. The Morgan fingerprint density at radius 1 is 1.32 bits per heavy atom. The number of amidine groups is 1. The predicted octanol–water partition coefficient (Wildman–Crippen LogP) is 2.50. The molecule has 2 spiro atoms.